The van der Waals surface area contributed by atoms with Crippen molar-refractivity contribution in [3.63, 3.8) is 0 Å². The Balaban J connectivity index is 1.51. The summed E-state index contributed by atoms with van der Waals surface area (Å²) in [7, 11) is -3.83. The maximum absolute atomic E-state index is 13.5. The van der Waals surface area contributed by atoms with Crippen molar-refractivity contribution >= 4 is 60.7 Å². The fraction of sp³-hybridized carbons (Fsp3) is 0.364. The van der Waals surface area contributed by atoms with Crippen LogP contribution in [0.25, 0.3) is 0 Å². The van der Waals surface area contributed by atoms with Crippen molar-refractivity contribution in [3.8, 4) is 0 Å². The van der Waals surface area contributed by atoms with Crippen molar-refractivity contribution in [1.82, 2.24) is 4.31 Å². The molecule has 0 radical (unpaired) electrons. The van der Waals surface area contributed by atoms with Crippen molar-refractivity contribution in [2.24, 2.45) is 5.92 Å². The Morgan fingerprint density at radius 3 is 2.47 bits per heavy atom. The molecule has 0 atom stereocenters. The maximum atomic E-state index is 13.5. The first-order chi connectivity index (χ1) is 15.2. The minimum absolute atomic E-state index is 0.133. The van der Waals surface area contributed by atoms with Crippen molar-refractivity contribution in [3.05, 3.63) is 51.5 Å². The largest absolute Gasteiger partial charge is 0.325 e. The van der Waals surface area contributed by atoms with Gasteiger partial charge in [-0.3, -0.25) is 9.59 Å². The van der Waals surface area contributed by atoms with Crippen LogP contribution in [0, 0.1) is 5.92 Å². The molecule has 10 heteroatoms. The molecule has 2 aliphatic heterocycles. The number of carbonyl (C=O) groups excluding carboxylic acids is 2. The summed E-state index contributed by atoms with van der Waals surface area (Å²) in [5.41, 5.74) is 1.85. The molecule has 1 fully saturated rings. The van der Waals surface area contributed by atoms with Crippen LogP contribution in [0.2, 0.25) is 5.02 Å². The van der Waals surface area contributed by atoms with Gasteiger partial charge in [0.05, 0.1) is 16.4 Å². The molecule has 2 aromatic carbocycles. The number of hydrogen-bond acceptors (Lipinski definition) is 4. The highest BCUT2D eigenvalue weighted by molar-refractivity contribution is 9.10. The number of nitrogens with one attached hydrogen (secondary N) is 1. The SMILES string of the molecule is CC(=O)N1CCc2cc(Br)cc(S(=O)(=O)N3CCC(C(=O)Nc4ccccc4Cl)CC3)c21. The zero-order valence-corrected chi connectivity index (χ0v) is 20.6. The Morgan fingerprint density at radius 1 is 1.12 bits per heavy atom. The number of benzene rings is 2. The van der Waals surface area contributed by atoms with Gasteiger partial charge in [0.2, 0.25) is 21.8 Å². The predicted octanol–water partition coefficient (Wildman–Crippen LogP) is 4.05. The second-order valence-electron chi connectivity index (χ2n) is 7.98. The minimum atomic E-state index is -3.83. The van der Waals surface area contributed by atoms with Crippen molar-refractivity contribution in [2.45, 2.75) is 31.1 Å². The molecular formula is C22H23BrClN3O4S. The Bertz CT molecular complexity index is 1180. The highest BCUT2D eigenvalue weighted by Crippen LogP contribution is 2.39. The van der Waals surface area contributed by atoms with Gasteiger partial charge in [0, 0.05) is 36.9 Å². The number of fused-ring (bicyclic) bond motifs is 1. The number of halogens is 2. The van der Waals surface area contributed by atoms with Crippen LogP contribution in [0.3, 0.4) is 0 Å². The van der Waals surface area contributed by atoms with E-state index in [0.29, 0.717) is 46.7 Å². The van der Waals surface area contributed by atoms with Crippen LogP contribution in [0.5, 0.6) is 0 Å². The number of carbonyl (C=O) groups is 2. The summed E-state index contributed by atoms with van der Waals surface area (Å²) in [6, 6.07) is 10.4. The molecule has 4 rings (SSSR count). The third kappa shape index (κ3) is 4.44. The van der Waals surface area contributed by atoms with Crippen LogP contribution < -0.4 is 10.2 Å². The van der Waals surface area contributed by atoms with Gasteiger partial charge in [0.1, 0.15) is 4.90 Å². The molecule has 2 aromatic rings. The smallest absolute Gasteiger partial charge is 0.245 e. The number of para-hydroxylation sites is 1. The number of anilines is 2. The number of nitrogens with zero attached hydrogens (tertiary/aromatic N) is 2. The molecule has 32 heavy (non-hydrogen) atoms. The summed E-state index contributed by atoms with van der Waals surface area (Å²) in [4.78, 5) is 26.4. The topological polar surface area (TPSA) is 86.8 Å². The van der Waals surface area contributed by atoms with Gasteiger partial charge in [0.25, 0.3) is 0 Å². The summed E-state index contributed by atoms with van der Waals surface area (Å²) in [6.07, 6.45) is 1.42. The lowest BCUT2D eigenvalue weighted by Gasteiger charge is -2.31. The normalized spacial score (nSPS) is 17.3. The van der Waals surface area contributed by atoms with Gasteiger partial charge < -0.3 is 10.2 Å². The minimum Gasteiger partial charge on any atom is -0.325 e. The number of rotatable bonds is 4. The van der Waals surface area contributed by atoms with E-state index in [4.69, 9.17) is 11.6 Å². The molecule has 0 aromatic heterocycles. The van der Waals surface area contributed by atoms with Crippen LogP contribution in [0.1, 0.15) is 25.3 Å². The monoisotopic (exact) mass is 539 g/mol. The van der Waals surface area contributed by atoms with E-state index in [-0.39, 0.29) is 35.7 Å². The van der Waals surface area contributed by atoms with E-state index in [1.165, 1.54) is 16.1 Å². The first kappa shape index (κ1) is 23.2. The number of sulfonamides is 1. The first-order valence-corrected chi connectivity index (χ1v) is 13.0. The average molecular weight is 541 g/mol. The van der Waals surface area contributed by atoms with E-state index in [9.17, 15) is 18.0 Å². The Hall–Kier alpha value is -1.94. The van der Waals surface area contributed by atoms with E-state index in [1.807, 2.05) is 6.07 Å². The second kappa shape index (κ2) is 9.13. The van der Waals surface area contributed by atoms with E-state index < -0.39 is 10.0 Å². The molecule has 0 aliphatic carbocycles. The number of amides is 2. The van der Waals surface area contributed by atoms with E-state index in [0.717, 1.165) is 5.56 Å². The molecule has 170 valence electrons. The fourth-order valence-corrected chi connectivity index (χ4v) is 6.85. The standard InChI is InChI=1S/C22H23BrClN3O4S/c1-14(28)27-11-8-16-12-17(23)13-20(21(16)27)32(30,31)26-9-6-15(7-10-26)22(29)25-19-5-3-2-4-18(19)24/h2-5,12-13,15H,6-11H2,1H3,(H,25,29). The van der Waals surface area contributed by atoms with Gasteiger partial charge in [0.15, 0.2) is 0 Å². The lowest BCUT2D eigenvalue weighted by atomic mass is 9.97. The summed E-state index contributed by atoms with van der Waals surface area (Å²) in [5.74, 6) is -0.654. The van der Waals surface area contributed by atoms with Gasteiger partial charge in [-0.05, 0) is 49.1 Å². The highest BCUT2D eigenvalue weighted by Gasteiger charge is 2.37. The van der Waals surface area contributed by atoms with Crippen molar-refractivity contribution in [1.29, 1.82) is 0 Å². The van der Waals surface area contributed by atoms with Crippen molar-refractivity contribution in [2.75, 3.05) is 29.9 Å². The predicted molar refractivity (Wildman–Crippen MR) is 127 cm³/mol. The third-order valence-corrected chi connectivity index (χ3v) is 8.65. The lowest BCUT2D eigenvalue weighted by Crippen LogP contribution is -2.42. The lowest BCUT2D eigenvalue weighted by molar-refractivity contribution is -0.121. The first-order valence-electron chi connectivity index (χ1n) is 10.3. The van der Waals surface area contributed by atoms with Gasteiger partial charge in [-0.1, -0.05) is 39.7 Å². The van der Waals surface area contributed by atoms with Crippen LogP contribution in [0.4, 0.5) is 11.4 Å². The summed E-state index contributed by atoms with van der Waals surface area (Å²) < 4.78 is 29.1. The molecule has 0 spiro atoms. The van der Waals surface area contributed by atoms with Crippen LogP contribution in [-0.2, 0) is 26.0 Å². The van der Waals surface area contributed by atoms with Gasteiger partial charge >= 0.3 is 0 Å². The molecular weight excluding hydrogens is 518 g/mol. The molecule has 0 bridgehead atoms. The van der Waals surface area contributed by atoms with Gasteiger partial charge in [-0.25, -0.2) is 8.42 Å². The van der Waals surface area contributed by atoms with Crippen LogP contribution in [-0.4, -0.2) is 44.2 Å². The summed E-state index contributed by atoms with van der Waals surface area (Å²) >= 11 is 9.52. The molecule has 0 unspecified atom stereocenters. The zero-order valence-electron chi connectivity index (χ0n) is 17.5. The maximum Gasteiger partial charge on any atom is 0.245 e. The van der Waals surface area contributed by atoms with E-state index in [1.54, 1.807) is 30.3 Å². The Morgan fingerprint density at radius 2 is 1.81 bits per heavy atom. The van der Waals surface area contributed by atoms with E-state index >= 15 is 0 Å². The molecule has 2 heterocycles. The van der Waals surface area contributed by atoms with Crippen LogP contribution >= 0.6 is 27.5 Å². The number of hydrogen-bond donors (Lipinski definition) is 1. The molecule has 0 saturated carbocycles. The second-order valence-corrected chi connectivity index (χ2v) is 11.2. The molecule has 2 aliphatic rings. The molecule has 1 N–H and O–H groups in total. The summed E-state index contributed by atoms with van der Waals surface area (Å²) in [5, 5.41) is 3.29. The average Bonchev–Trinajstić information content (AvgIpc) is 3.18. The summed E-state index contributed by atoms with van der Waals surface area (Å²) in [6.45, 7) is 2.36. The highest BCUT2D eigenvalue weighted by atomic mass is 79.9. The van der Waals surface area contributed by atoms with Gasteiger partial charge in [-0.15, -0.1) is 0 Å². The molecule has 1 saturated heterocycles. The van der Waals surface area contributed by atoms with Crippen molar-refractivity contribution < 1.29 is 18.0 Å². The van der Waals surface area contributed by atoms with Crippen LogP contribution in [0.15, 0.2) is 45.8 Å². The number of piperidine rings is 1. The Labute approximate surface area is 200 Å². The third-order valence-electron chi connectivity index (χ3n) is 5.95. The quantitative estimate of drug-likeness (QED) is 0.634. The fourth-order valence-electron chi connectivity index (χ4n) is 4.28. The molecule has 7 nitrogen and oxygen atoms in total. The van der Waals surface area contributed by atoms with E-state index in [2.05, 4.69) is 21.2 Å². The Kier molecular flexibility index (Phi) is 6.63. The van der Waals surface area contributed by atoms with Gasteiger partial charge in [-0.2, -0.15) is 4.31 Å². The zero-order chi connectivity index (χ0) is 23.0. The molecule has 2 amide bonds.